The van der Waals surface area contributed by atoms with Gasteiger partial charge in [-0.2, -0.15) is 0 Å². The van der Waals surface area contributed by atoms with Gasteiger partial charge in [-0.05, 0) is 25.2 Å². The fraction of sp³-hybridized carbons (Fsp3) is 0.800. The Balaban J connectivity index is 2.37. The predicted octanol–water partition coefficient (Wildman–Crippen LogP) is 2.77. The molecule has 64 valence electrons. The first-order valence-electron chi connectivity index (χ1n) is 4.52. The van der Waals surface area contributed by atoms with E-state index in [9.17, 15) is 0 Å². The molecular weight excluding hydrogens is 136 g/mol. The highest BCUT2D eigenvalue weighted by molar-refractivity contribution is 4.81. The van der Waals surface area contributed by atoms with Gasteiger partial charge < -0.3 is 4.74 Å². The summed E-state index contributed by atoms with van der Waals surface area (Å²) in [5, 5.41) is 0. The molecule has 0 amide bonds. The number of ether oxygens (including phenoxy) is 1. The lowest BCUT2D eigenvalue weighted by atomic mass is 9.84. The van der Waals surface area contributed by atoms with Gasteiger partial charge in [0.05, 0.1) is 6.10 Å². The van der Waals surface area contributed by atoms with Crippen LogP contribution in [0.1, 0.15) is 32.1 Å². The minimum Gasteiger partial charge on any atom is -0.381 e. The number of allylic oxidation sites excluding steroid dienone is 1. The summed E-state index contributed by atoms with van der Waals surface area (Å²) in [5.74, 6) is 0.742. The van der Waals surface area contributed by atoms with E-state index in [4.69, 9.17) is 4.74 Å². The second-order valence-corrected chi connectivity index (χ2v) is 3.34. The van der Waals surface area contributed by atoms with Crippen LogP contribution in [0.25, 0.3) is 0 Å². The second-order valence-electron chi connectivity index (χ2n) is 3.34. The van der Waals surface area contributed by atoms with Gasteiger partial charge in [0.2, 0.25) is 0 Å². The van der Waals surface area contributed by atoms with E-state index in [1.807, 2.05) is 13.2 Å². The Kier molecular flexibility index (Phi) is 3.64. The van der Waals surface area contributed by atoms with Gasteiger partial charge in [-0.1, -0.05) is 18.9 Å². The number of hydrogen-bond acceptors (Lipinski definition) is 1. The molecule has 0 aliphatic heterocycles. The third kappa shape index (κ3) is 2.33. The van der Waals surface area contributed by atoms with Crippen molar-refractivity contribution < 1.29 is 4.74 Å². The Morgan fingerprint density at radius 2 is 2.18 bits per heavy atom. The van der Waals surface area contributed by atoms with Crippen LogP contribution in [0, 0.1) is 5.92 Å². The average Bonchev–Trinajstić information content (AvgIpc) is 2.06. The molecule has 0 radical (unpaired) electrons. The molecule has 0 unspecified atom stereocenters. The normalized spacial score (nSPS) is 31.7. The number of hydrogen-bond donors (Lipinski definition) is 0. The van der Waals surface area contributed by atoms with Crippen LogP contribution in [0.3, 0.4) is 0 Å². The van der Waals surface area contributed by atoms with Gasteiger partial charge in [0.25, 0.3) is 0 Å². The molecule has 1 rings (SSSR count). The van der Waals surface area contributed by atoms with Crippen LogP contribution in [0.15, 0.2) is 12.7 Å². The lowest BCUT2D eigenvalue weighted by molar-refractivity contribution is 0.0249. The van der Waals surface area contributed by atoms with Crippen LogP contribution in [0.5, 0.6) is 0 Å². The van der Waals surface area contributed by atoms with Crippen molar-refractivity contribution in [3.63, 3.8) is 0 Å². The van der Waals surface area contributed by atoms with E-state index in [0.717, 1.165) is 12.3 Å². The summed E-state index contributed by atoms with van der Waals surface area (Å²) in [6.07, 6.45) is 8.92. The molecule has 0 saturated heterocycles. The molecule has 0 aromatic heterocycles. The van der Waals surface area contributed by atoms with Crippen molar-refractivity contribution in [3.05, 3.63) is 12.7 Å². The molecule has 1 heteroatoms. The predicted molar refractivity (Wildman–Crippen MR) is 47.6 cm³/mol. The van der Waals surface area contributed by atoms with Crippen molar-refractivity contribution >= 4 is 0 Å². The summed E-state index contributed by atoms with van der Waals surface area (Å²) in [5.41, 5.74) is 0. The lowest BCUT2D eigenvalue weighted by Gasteiger charge is -2.29. The maximum Gasteiger partial charge on any atom is 0.0602 e. The standard InChI is InChI=1S/C10H18O/c1-3-6-9-7-4-5-8-10(9)11-2/h3,9-10H,1,4-8H2,2H3/t9-,10-/m1/s1. The van der Waals surface area contributed by atoms with E-state index in [1.54, 1.807) is 0 Å². The van der Waals surface area contributed by atoms with Crippen molar-refractivity contribution in [1.29, 1.82) is 0 Å². The SMILES string of the molecule is C=CC[C@@H]1CCCC[C@H]1OC. The quantitative estimate of drug-likeness (QED) is 0.568. The monoisotopic (exact) mass is 154 g/mol. The molecule has 11 heavy (non-hydrogen) atoms. The smallest absolute Gasteiger partial charge is 0.0602 e. The molecule has 0 bridgehead atoms. The third-order valence-corrected chi connectivity index (χ3v) is 2.61. The molecule has 1 nitrogen and oxygen atoms in total. The lowest BCUT2D eigenvalue weighted by Crippen LogP contribution is -2.25. The van der Waals surface area contributed by atoms with Crippen molar-refractivity contribution in [2.45, 2.75) is 38.2 Å². The zero-order valence-corrected chi connectivity index (χ0v) is 7.38. The minimum absolute atomic E-state index is 0.502. The maximum absolute atomic E-state index is 5.41. The van der Waals surface area contributed by atoms with Gasteiger partial charge in [-0.3, -0.25) is 0 Å². The fourth-order valence-corrected chi connectivity index (χ4v) is 1.97. The highest BCUT2D eigenvalue weighted by Gasteiger charge is 2.23. The molecule has 0 spiro atoms. The van der Waals surface area contributed by atoms with Crippen molar-refractivity contribution in [2.75, 3.05) is 7.11 Å². The first kappa shape index (κ1) is 8.79. The molecule has 0 heterocycles. The van der Waals surface area contributed by atoms with Crippen molar-refractivity contribution in [3.8, 4) is 0 Å². The Bertz CT molecular complexity index is 120. The van der Waals surface area contributed by atoms with Crippen LogP contribution in [0.4, 0.5) is 0 Å². The number of rotatable bonds is 3. The topological polar surface area (TPSA) is 9.23 Å². The van der Waals surface area contributed by atoms with Crippen LogP contribution < -0.4 is 0 Å². The summed E-state index contributed by atoms with van der Waals surface area (Å²) >= 11 is 0. The Labute approximate surface area is 69.4 Å². The van der Waals surface area contributed by atoms with Crippen LogP contribution in [0.2, 0.25) is 0 Å². The van der Waals surface area contributed by atoms with E-state index in [2.05, 4.69) is 6.58 Å². The van der Waals surface area contributed by atoms with Gasteiger partial charge in [-0.15, -0.1) is 6.58 Å². The van der Waals surface area contributed by atoms with Crippen LogP contribution in [-0.4, -0.2) is 13.2 Å². The average molecular weight is 154 g/mol. The molecule has 0 N–H and O–H groups in total. The zero-order chi connectivity index (χ0) is 8.10. The summed E-state index contributed by atoms with van der Waals surface area (Å²) in [6, 6.07) is 0. The largest absolute Gasteiger partial charge is 0.381 e. The summed E-state index contributed by atoms with van der Waals surface area (Å²) in [6.45, 7) is 3.77. The maximum atomic E-state index is 5.41. The fourth-order valence-electron chi connectivity index (χ4n) is 1.97. The third-order valence-electron chi connectivity index (χ3n) is 2.61. The van der Waals surface area contributed by atoms with E-state index < -0.39 is 0 Å². The zero-order valence-electron chi connectivity index (χ0n) is 7.38. The molecular formula is C10H18O. The van der Waals surface area contributed by atoms with E-state index in [1.165, 1.54) is 25.7 Å². The molecule has 1 saturated carbocycles. The van der Waals surface area contributed by atoms with Crippen molar-refractivity contribution in [1.82, 2.24) is 0 Å². The highest BCUT2D eigenvalue weighted by Crippen LogP contribution is 2.28. The van der Waals surface area contributed by atoms with E-state index in [0.29, 0.717) is 6.10 Å². The first-order chi connectivity index (χ1) is 5.38. The minimum atomic E-state index is 0.502. The van der Waals surface area contributed by atoms with Gasteiger partial charge in [0.1, 0.15) is 0 Å². The number of methoxy groups -OCH3 is 1. The second kappa shape index (κ2) is 4.55. The Morgan fingerprint density at radius 3 is 2.82 bits per heavy atom. The molecule has 2 atom stereocenters. The molecule has 1 fully saturated rings. The molecule has 1 aliphatic carbocycles. The highest BCUT2D eigenvalue weighted by atomic mass is 16.5. The molecule has 0 aromatic carbocycles. The van der Waals surface area contributed by atoms with Crippen LogP contribution >= 0.6 is 0 Å². The van der Waals surface area contributed by atoms with Gasteiger partial charge in [0, 0.05) is 7.11 Å². The van der Waals surface area contributed by atoms with Gasteiger partial charge >= 0.3 is 0 Å². The Hall–Kier alpha value is -0.300. The first-order valence-corrected chi connectivity index (χ1v) is 4.52. The van der Waals surface area contributed by atoms with Gasteiger partial charge in [-0.25, -0.2) is 0 Å². The van der Waals surface area contributed by atoms with Crippen molar-refractivity contribution in [2.24, 2.45) is 5.92 Å². The molecule has 0 aromatic rings. The van der Waals surface area contributed by atoms with E-state index in [-0.39, 0.29) is 0 Å². The summed E-state index contributed by atoms with van der Waals surface area (Å²) in [4.78, 5) is 0. The summed E-state index contributed by atoms with van der Waals surface area (Å²) < 4.78 is 5.41. The summed E-state index contributed by atoms with van der Waals surface area (Å²) in [7, 11) is 1.83. The van der Waals surface area contributed by atoms with E-state index >= 15 is 0 Å². The van der Waals surface area contributed by atoms with Crippen LogP contribution in [-0.2, 0) is 4.74 Å². The molecule has 1 aliphatic rings. The Morgan fingerprint density at radius 1 is 1.45 bits per heavy atom. The van der Waals surface area contributed by atoms with Gasteiger partial charge in [0.15, 0.2) is 0 Å².